The van der Waals surface area contributed by atoms with Crippen molar-refractivity contribution in [3.8, 4) is 0 Å². The lowest BCUT2D eigenvalue weighted by Crippen LogP contribution is -2.34. The fourth-order valence-electron chi connectivity index (χ4n) is 1.20. The highest BCUT2D eigenvalue weighted by Gasteiger charge is 2.33. The van der Waals surface area contributed by atoms with Gasteiger partial charge < -0.3 is 16.8 Å². The summed E-state index contributed by atoms with van der Waals surface area (Å²) in [5.74, 6) is -2.22. The highest BCUT2D eigenvalue weighted by molar-refractivity contribution is 5.98. The number of hydrogen-bond donors (Lipinski definition) is 3. The van der Waals surface area contributed by atoms with Crippen LogP contribution in [0.1, 0.15) is 23.0 Å². The summed E-state index contributed by atoms with van der Waals surface area (Å²) in [6.07, 6.45) is -4.68. The molecular formula is C10H11F3N4O2. The van der Waals surface area contributed by atoms with Gasteiger partial charge in [-0.2, -0.15) is 13.2 Å². The van der Waals surface area contributed by atoms with E-state index in [-0.39, 0.29) is 5.56 Å². The predicted molar refractivity (Wildman–Crippen MR) is 60.0 cm³/mol. The third kappa shape index (κ3) is 3.57. The molecule has 0 aliphatic heterocycles. The van der Waals surface area contributed by atoms with Crippen LogP contribution in [0.5, 0.6) is 0 Å². The normalized spacial score (nSPS) is 12.8. The largest absolute Gasteiger partial charge is 0.433 e. The first-order chi connectivity index (χ1) is 8.62. The summed E-state index contributed by atoms with van der Waals surface area (Å²) in [6.45, 7) is 1.31. The zero-order valence-electron chi connectivity index (χ0n) is 9.78. The van der Waals surface area contributed by atoms with Gasteiger partial charge in [0.05, 0.1) is 5.56 Å². The molecule has 1 aromatic rings. The van der Waals surface area contributed by atoms with Gasteiger partial charge in [0.25, 0.3) is 5.91 Å². The van der Waals surface area contributed by atoms with Gasteiger partial charge in [-0.05, 0) is 19.1 Å². The van der Waals surface area contributed by atoms with E-state index in [1.54, 1.807) is 0 Å². The van der Waals surface area contributed by atoms with Gasteiger partial charge in [-0.1, -0.05) is 0 Å². The second-order valence-corrected chi connectivity index (χ2v) is 3.72. The molecule has 9 heteroatoms. The predicted octanol–water partition coefficient (Wildman–Crippen LogP) is 0.485. The van der Waals surface area contributed by atoms with Crippen LogP contribution in [-0.2, 0) is 11.0 Å². The molecule has 0 radical (unpaired) electrons. The fraction of sp³-hybridized carbons (Fsp3) is 0.300. The van der Waals surface area contributed by atoms with E-state index in [0.717, 1.165) is 6.07 Å². The molecule has 1 aromatic heterocycles. The number of carbonyl (C=O) groups excluding carboxylic acids is 2. The second-order valence-electron chi connectivity index (χ2n) is 3.72. The number of nitrogens with zero attached hydrogens (tertiary/aromatic N) is 1. The van der Waals surface area contributed by atoms with Crippen molar-refractivity contribution in [2.24, 2.45) is 11.5 Å². The molecule has 19 heavy (non-hydrogen) atoms. The first-order valence-corrected chi connectivity index (χ1v) is 5.07. The Balaban J connectivity index is 3.23. The summed E-state index contributed by atoms with van der Waals surface area (Å²) in [6, 6.07) is 0.503. The van der Waals surface area contributed by atoms with Crippen molar-refractivity contribution in [2.75, 3.05) is 5.32 Å². The Kier molecular flexibility index (Phi) is 3.98. The van der Waals surface area contributed by atoms with E-state index in [9.17, 15) is 22.8 Å². The van der Waals surface area contributed by atoms with Gasteiger partial charge in [-0.3, -0.25) is 9.59 Å². The van der Waals surface area contributed by atoms with E-state index in [0.29, 0.717) is 6.07 Å². The van der Waals surface area contributed by atoms with E-state index in [1.807, 2.05) is 0 Å². The average molecular weight is 276 g/mol. The number of rotatable bonds is 4. The highest BCUT2D eigenvalue weighted by atomic mass is 19.4. The molecule has 0 bridgehead atoms. The maximum atomic E-state index is 12.5. The van der Waals surface area contributed by atoms with Gasteiger partial charge in [0, 0.05) is 0 Å². The van der Waals surface area contributed by atoms with E-state index >= 15 is 0 Å². The third-order valence-electron chi connectivity index (χ3n) is 2.23. The summed E-state index contributed by atoms with van der Waals surface area (Å²) < 4.78 is 37.5. The number of pyridine rings is 1. The molecule has 2 amide bonds. The lowest BCUT2D eigenvalue weighted by molar-refractivity contribution is -0.141. The average Bonchev–Trinajstić information content (AvgIpc) is 2.27. The third-order valence-corrected chi connectivity index (χ3v) is 2.23. The Labute approximate surface area is 106 Å². The summed E-state index contributed by atoms with van der Waals surface area (Å²) in [5.41, 5.74) is 8.50. The zero-order valence-corrected chi connectivity index (χ0v) is 9.78. The van der Waals surface area contributed by atoms with Crippen molar-refractivity contribution in [3.05, 3.63) is 23.4 Å². The Hall–Kier alpha value is -2.32. The number of aromatic nitrogens is 1. The molecule has 1 atom stereocenters. The number of amides is 2. The standard InChI is InChI=1S/C10H11F3N4O2/c1-4(7(14)18)16-9-5(8(15)19)2-3-6(17-9)10(11,12)13/h2-4H,1H3,(H2,14,18)(H2,15,19)(H,16,17). The molecule has 1 heterocycles. The molecule has 6 nitrogen and oxygen atoms in total. The second kappa shape index (κ2) is 5.12. The number of halogens is 3. The molecule has 104 valence electrons. The smallest absolute Gasteiger partial charge is 0.368 e. The molecule has 5 N–H and O–H groups in total. The molecule has 0 spiro atoms. The Bertz CT molecular complexity index is 516. The van der Waals surface area contributed by atoms with Gasteiger partial charge in [0.1, 0.15) is 17.6 Å². The first-order valence-electron chi connectivity index (χ1n) is 5.07. The van der Waals surface area contributed by atoms with Crippen molar-refractivity contribution in [1.29, 1.82) is 0 Å². The van der Waals surface area contributed by atoms with Gasteiger partial charge in [0.15, 0.2) is 0 Å². The molecule has 1 rings (SSSR count). The van der Waals surface area contributed by atoms with Crippen LogP contribution in [-0.4, -0.2) is 22.8 Å². The molecule has 0 aromatic carbocycles. The van der Waals surface area contributed by atoms with Gasteiger partial charge in [-0.15, -0.1) is 0 Å². The van der Waals surface area contributed by atoms with Crippen molar-refractivity contribution in [1.82, 2.24) is 4.98 Å². The summed E-state index contributed by atoms with van der Waals surface area (Å²) in [4.78, 5) is 25.2. The maximum Gasteiger partial charge on any atom is 0.433 e. The van der Waals surface area contributed by atoms with Gasteiger partial charge in [-0.25, -0.2) is 4.98 Å². The van der Waals surface area contributed by atoms with Crippen LogP contribution in [0.25, 0.3) is 0 Å². The van der Waals surface area contributed by atoms with Crippen LogP contribution in [0.4, 0.5) is 19.0 Å². The Morgan fingerprint density at radius 1 is 1.32 bits per heavy atom. The number of alkyl halides is 3. The Morgan fingerprint density at radius 3 is 2.32 bits per heavy atom. The summed E-state index contributed by atoms with van der Waals surface area (Å²) >= 11 is 0. The van der Waals surface area contributed by atoms with Crippen LogP contribution in [0, 0.1) is 0 Å². The van der Waals surface area contributed by atoms with Crippen molar-refractivity contribution in [3.63, 3.8) is 0 Å². The first kappa shape index (κ1) is 14.7. The molecule has 1 unspecified atom stereocenters. The molecule has 0 saturated heterocycles. The van der Waals surface area contributed by atoms with Gasteiger partial charge >= 0.3 is 6.18 Å². The van der Waals surface area contributed by atoms with Crippen molar-refractivity contribution in [2.45, 2.75) is 19.1 Å². The quantitative estimate of drug-likeness (QED) is 0.742. The summed E-state index contributed by atoms with van der Waals surface area (Å²) in [5, 5.41) is 2.32. The van der Waals surface area contributed by atoms with Crippen LogP contribution in [0.15, 0.2) is 12.1 Å². The Morgan fingerprint density at radius 2 is 1.89 bits per heavy atom. The molecule has 0 aliphatic carbocycles. The van der Waals surface area contributed by atoms with Crippen LogP contribution >= 0.6 is 0 Å². The number of nitrogens with two attached hydrogens (primary N) is 2. The SMILES string of the molecule is CC(Nc1nc(C(F)(F)F)ccc1C(N)=O)C(N)=O. The molecular weight excluding hydrogens is 265 g/mol. The fourth-order valence-corrected chi connectivity index (χ4v) is 1.20. The summed E-state index contributed by atoms with van der Waals surface area (Å²) in [7, 11) is 0. The number of carbonyl (C=O) groups is 2. The minimum absolute atomic E-state index is 0.263. The van der Waals surface area contributed by atoms with E-state index < -0.39 is 35.5 Å². The molecule has 0 saturated carbocycles. The maximum absolute atomic E-state index is 12.5. The minimum atomic E-state index is -4.68. The van der Waals surface area contributed by atoms with E-state index in [1.165, 1.54) is 6.92 Å². The van der Waals surface area contributed by atoms with E-state index in [2.05, 4.69) is 10.3 Å². The number of primary amides is 2. The zero-order chi connectivity index (χ0) is 14.8. The molecule has 0 aliphatic rings. The van der Waals surface area contributed by atoms with Gasteiger partial charge in [0.2, 0.25) is 5.91 Å². The number of anilines is 1. The highest BCUT2D eigenvalue weighted by Crippen LogP contribution is 2.29. The van der Waals surface area contributed by atoms with E-state index in [4.69, 9.17) is 11.5 Å². The van der Waals surface area contributed by atoms with Crippen molar-refractivity contribution >= 4 is 17.6 Å². The van der Waals surface area contributed by atoms with Crippen LogP contribution in [0.3, 0.4) is 0 Å². The number of nitrogens with one attached hydrogen (secondary N) is 1. The minimum Gasteiger partial charge on any atom is -0.368 e. The lowest BCUT2D eigenvalue weighted by atomic mass is 10.2. The van der Waals surface area contributed by atoms with Crippen LogP contribution < -0.4 is 16.8 Å². The molecule has 0 fully saturated rings. The number of hydrogen-bond acceptors (Lipinski definition) is 4. The van der Waals surface area contributed by atoms with Crippen LogP contribution in [0.2, 0.25) is 0 Å². The monoisotopic (exact) mass is 276 g/mol. The topological polar surface area (TPSA) is 111 Å². The van der Waals surface area contributed by atoms with Crippen molar-refractivity contribution < 1.29 is 22.8 Å². The lowest BCUT2D eigenvalue weighted by Gasteiger charge is -2.15.